The van der Waals surface area contributed by atoms with E-state index >= 15 is 0 Å². The maximum atomic E-state index is 12.7. The van der Waals surface area contributed by atoms with Gasteiger partial charge < -0.3 is 19.4 Å². The van der Waals surface area contributed by atoms with Crippen molar-refractivity contribution >= 4 is 15.9 Å². The van der Waals surface area contributed by atoms with E-state index in [2.05, 4.69) is 0 Å². The van der Waals surface area contributed by atoms with Crippen molar-refractivity contribution in [3.05, 3.63) is 77.4 Å². The van der Waals surface area contributed by atoms with Crippen LogP contribution in [0.1, 0.15) is 21.3 Å². The predicted octanol–water partition coefficient (Wildman–Crippen LogP) is 2.01. The molecule has 1 aliphatic rings. The highest BCUT2D eigenvalue weighted by molar-refractivity contribution is 7.86. The van der Waals surface area contributed by atoms with Gasteiger partial charge in [0.25, 0.3) is 0 Å². The molecule has 136 valence electrons. The molecule has 8 heteroatoms. The average Bonchev–Trinajstić information content (AvgIpc) is 2.92. The zero-order valence-corrected chi connectivity index (χ0v) is 14.4. The Kier molecular flexibility index (Phi) is 3.87. The topological polar surface area (TPSA) is 105 Å². The lowest BCUT2D eigenvalue weighted by Crippen LogP contribution is -2.16. The van der Waals surface area contributed by atoms with Crippen LogP contribution in [0.15, 0.2) is 66.2 Å². The van der Waals surface area contributed by atoms with Gasteiger partial charge in [-0.25, -0.2) is 0 Å². The van der Waals surface area contributed by atoms with E-state index in [1.807, 2.05) is 0 Å². The van der Waals surface area contributed by atoms with Crippen LogP contribution in [-0.4, -0.2) is 21.3 Å². The summed E-state index contributed by atoms with van der Waals surface area (Å²) in [6, 6.07) is 12.8. The Hall–Kier alpha value is -3.00. The molecule has 1 aliphatic heterocycles. The molecule has 2 N–H and O–H groups in total. The molecule has 0 aromatic heterocycles. The van der Waals surface area contributed by atoms with Gasteiger partial charge in [-0.3, -0.25) is 4.79 Å². The Balaban J connectivity index is 1.91. The van der Waals surface area contributed by atoms with Gasteiger partial charge in [-0.1, -0.05) is 42.5 Å². The van der Waals surface area contributed by atoms with Gasteiger partial charge in [0.2, 0.25) is 17.4 Å². The highest BCUT2D eigenvalue weighted by Gasteiger charge is 2.39. The summed E-state index contributed by atoms with van der Waals surface area (Å²) in [6.07, 6.45) is -2.37. The number of rotatable bonds is 6. The van der Waals surface area contributed by atoms with Crippen molar-refractivity contribution in [3.8, 4) is 5.75 Å². The molecule has 2 aromatic rings. The monoisotopic (exact) mass is 378 g/mol. The van der Waals surface area contributed by atoms with Gasteiger partial charge in [-0.2, -0.15) is 8.42 Å². The van der Waals surface area contributed by atoms with E-state index in [-0.39, 0.29) is 11.1 Å². The summed E-state index contributed by atoms with van der Waals surface area (Å²) in [7, 11) is -3.57. The zero-order chi connectivity index (χ0) is 21.4. The first-order valence-electron chi connectivity index (χ1n) is 8.90. The van der Waals surface area contributed by atoms with E-state index in [0.29, 0.717) is 5.75 Å². The Morgan fingerprint density at radius 2 is 1.85 bits per heavy atom. The highest BCUT2D eigenvalue weighted by Crippen LogP contribution is 2.33. The summed E-state index contributed by atoms with van der Waals surface area (Å²) in [4.78, 5) is 12.7. The van der Waals surface area contributed by atoms with Crippen LogP contribution in [0.5, 0.6) is 5.75 Å². The number of ether oxygens (including phenoxy) is 2. The fourth-order valence-electron chi connectivity index (χ4n) is 2.21. The molecule has 2 aromatic carbocycles. The van der Waals surface area contributed by atoms with Crippen molar-refractivity contribution < 1.29 is 31.0 Å². The number of benzene rings is 2. The molecule has 0 saturated heterocycles. The second-order valence-corrected chi connectivity index (χ2v) is 6.47. The molecule has 0 spiro atoms. The normalized spacial score (nSPS) is 22.2. The average molecular weight is 378 g/mol. The van der Waals surface area contributed by atoms with Gasteiger partial charge >= 0.3 is 10.1 Å². The van der Waals surface area contributed by atoms with Crippen LogP contribution in [0.4, 0.5) is 0 Å². The van der Waals surface area contributed by atoms with Crippen LogP contribution in [-0.2, 0) is 29.5 Å². The molecule has 0 bridgehead atoms. The van der Waals surface area contributed by atoms with E-state index < -0.39 is 39.3 Å². The molecule has 1 atom stereocenters. The van der Waals surface area contributed by atoms with E-state index in [4.69, 9.17) is 23.5 Å². The minimum Gasteiger partial charge on any atom is -0.497 e. The van der Waals surface area contributed by atoms with Crippen LogP contribution in [0.2, 0.25) is 0 Å². The van der Waals surface area contributed by atoms with Crippen LogP contribution in [0, 0.1) is 0 Å². The number of Topliss-reactive ketones (excluding diaryl/α,β-unsaturated/α-hetero) is 1. The third-order valence-corrected chi connectivity index (χ3v) is 4.28. The molecule has 7 nitrogen and oxygen atoms in total. The first-order chi connectivity index (χ1) is 13.5. The van der Waals surface area contributed by atoms with Crippen LogP contribution in [0.3, 0.4) is 0 Å². The molecule has 26 heavy (non-hydrogen) atoms. The number of methoxy groups -OCH3 is 1. The third-order valence-electron chi connectivity index (χ3n) is 3.41. The van der Waals surface area contributed by atoms with Crippen LogP contribution in [0.25, 0.3) is 0 Å². The number of nitrogens with two attached hydrogens (primary N) is 1. The van der Waals surface area contributed by atoms with Crippen molar-refractivity contribution in [2.75, 3.05) is 7.11 Å². The zero-order valence-electron chi connectivity index (χ0n) is 16.6. The molecule has 3 rings (SSSR count). The summed E-state index contributed by atoms with van der Waals surface area (Å²) < 4.78 is 64.2. The van der Waals surface area contributed by atoms with E-state index in [1.54, 1.807) is 6.07 Å². The predicted molar refractivity (Wildman–Crippen MR) is 93.2 cm³/mol. The van der Waals surface area contributed by atoms with Gasteiger partial charge in [-0.15, -0.1) is 0 Å². The van der Waals surface area contributed by atoms with E-state index in [0.717, 1.165) is 0 Å². The molecule has 0 fully saturated rings. The quantitative estimate of drug-likeness (QED) is 0.767. The molecule has 0 saturated carbocycles. The summed E-state index contributed by atoms with van der Waals surface area (Å²) in [5.74, 6) is -2.38. The van der Waals surface area contributed by atoms with E-state index in [9.17, 15) is 13.2 Å². The number of carbonyl (C=O) groups is 1. The molecule has 1 heterocycles. The highest BCUT2D eigenvalue weighted by atomic mass is 32.2. The van der Waals surface area contributed by atoms with Crippen molar-refractivity contribution in [1.29, 1.82) is 0 Å². The standard InChI is InChI=1S/C18H17NO6S/c1-23-14-9-7-13(8-10-14)16-15(20)17(18(19)24-16)25-26(21,22)11-12-5-3-2-4-6-12/h2-10,16H,11,19H2,1H3/t16-/m0/s1/i11D2,16D. The van der Waals surface area contributed by atoms with Gasteiger partial charge in [0, 0.05) is 5.56 Å². The summed E-state index contributed by atoms with van der Waals surface area (Å²) in [5.41, 5.74) is 2.50. The van der Waals surface area contributed by atoms with Crippen molar-refractivity contribution in [3.63, 3.8) is 0 Å². The molecule has 0 amide bonds. The molecular weight excluding hydrogens is 358 g/mol. The number of hydrogen-bond donors (Lipinski definition) is 1. The lowest BCUT2D eigenvalue weighted by Gasteiger charge is -2.10. The fourth-order valence-corrected chi connectivity index (χ4v) is 3.05. The van der Waals surface area contributed by atoms with Gasteiger partial charge in [0.15, 0.2) is 6.08 Å². The first-order valence-corrected chi connectivity index (χ1v) is 8.81. The fraction of sp³-hybridized carbons (Fsp3) is 0.167. The molecular formula is C18H17NO6S. The second-order valence-electron chi connectivity index (χ2n) is 5.19. The first kappa shape index (κ1) is 14.2. The van der Waals surface area contributed by atoms with Gasteiger partial charge in [0.1, 0.15) is 11.5 Å². The van der Waals surface area contributed by atoms with Crippen molar-refractivity contribution in [2.45, 2.75) is 11.8 Å². The number of ketones is 1. The van der Waals surface area contributed by atoms with Crippen molar-refractivity contribution in [1.82, 2.24) is 0 Å². The van der Waals surface area contributed by atoms with Gasteiger partial charge in [-0.05, 0) is 17.7 Å². The molecule has 0 unspecified atom stereocenters. The Morgan fingerprint density at radius 1 is 1.19 bits per heavy atom. The Bertz CT molecular complexity index is 1070. The summed E-state index contributed by atoms with van der Waals surface area (Å²) >= 11 is 0. The van der Waals surface area contributed by atoms with Gasteiger partial charge in [0.05, 0.1) is 11.2 Å². The third kappa shape index (κ3) is 3.80. The van der Waals surface area contributed by atoms with Crippen LogP contribution >= 0.6 is 0 Å². The maximum absolute atomic E-state index is 12.7. The lowest BCUT2D eigenvalue weighted by atomic mass is 10.1. The minimum atomic E-state index is -5.01. The summed E-state index contributed by atoms with van der Waals surface area (Å²) in [5, 5.41) is 0. The summed E-state index contributed by atoms with van der Waals surface area (Å²) in [6.45, 7) is 0. The Morgan fingerprint density at radius 3 is 2.46 bits per heavy atom. The SMILES string of the molecule is [2H]C([2H])(c1ccccc1)S(=O)(=O)OC1=C(N)O[C@@]([2H])(c2ccc(OC)cc2)C1=O. The molecule has 0 radical (unpaired) electrons. The second kappa shape index (κ2) is 7.09. The molecule has 0 aliphatic carbocycles. The smallest absolute Gasteiger partial charge is 0.313 e. The minimum absolute atomic E-state index is 0.0633. The maximum Gasteiger partial charge on any atom is 0.313 e. The van der Waals surface area contributed by atoms with Crippen LogP contribution < -0.4 is 10.5 Å². The van der Waals surface area contributed by atoms with Crippen molar-refractivity contribution in [2.24, 2.45) is 5.73 Å². The van der Waals surface area contributed by atoms with E-state index in [1.165, 1.54) is 55.6 Å². The number of hydrogen-bond acceptors (Lipinski definition) is 7. The number of carbonyl (C=O) groups excluding carboxylic acids is 1. The lowest BCUT2D eigenvalue weighted by molar-refractivity contribution is -0.123. The largest absolute Gasteiger partial charge is 0.497 e. The Labute approximate surface area is 155 Å².